The van der Waals surface area contributed by atoms with Crippen LogP contribution in [0.15, 0.2) is 42.6 Å². The highest BCUT2D eigenvalue weighted by Crippen LogP contribution is 2.27. The molecule has 3 rings (SSSR count). The number of rotatable bonds is 5. The number of halogens is 1. The van der Waals surface area contributed by atoms with Gasteiger partial charge in [-0.25, -0.2) is 4.98 Å². The Balaban J connectivity index is 1.44. The van der Waals surface area contributed by atoms with E-state index in [2.05, 4.69) is 10.3 Å². The Labute approximate surface area is 141 Å². The minimum absolute atomic E-state index is 0.182. The van der Waals surface area contributed by atoms with Crippen molar-refractivity contribution >= 4 is 11.6 Å². The zero-order chi connectivity index (χ0) is 16.1. The maximum Gasteiger partial charge on any atom is 0.232 e. The zero-order valence-corrected chi connectivity index (χ0v) is 13.7. The fraction of sp³-hybridized carbons (Fsp3) is 0.389. The molecule has 4 nitrogen and oxygen atoms in total. The number of pyridine rings is 1. The van der Waals surface area contributed by atoms with Gasteiger partial charge in [-0.3, -0.25) is 0 Å². The average Bonchev–Trinajstić information content (AvgIpc) is 2.56. The van der Waals surface area contributed by atoms with Gasteiger partial charge in [-0.2, -0.15) is 0 Å². The first-order valence-corrected chi connectivity index (χ1v) is 8.37. The van der Waals surface area contributed by atoms with Crippen molar-refractivity contribution in [2.75, 3.05) is 0 Å². The van der Waals surface area contributed by atoms with E-state index in [1.54, 1.807) is 30.5 Å². The van der Waals surface area contributed by atoms with Crippen LogP contribution < -0.4 is 10.1 Å². The van der Waals surface area contributed by atoms with Gasteiger partial charge in [0.15, 0.2) is 0 Å². The number of nitrogens with one attached hydrogen (secondary N) is 1. The molecule has 0 unspecified atom stereocenters. The number of nitrogens with zero attached hydrogens (tertiary/aromatic N) is 1. The third kappa shape index (κ3) is 4.60. The van der Waals surface area contributed by atoms with Crippen LogP contribution >= 0.6 is 11.6 Å². The maximum atomic E-state index is 9.49. The highest BCUT2D eigenvalue weighted by molar-refractivity contribution is 6.31. The highest BCUT2D eigenvalue weighted by Gasteiger charge is 2.23. The van der Waals surface area contributed by atoms with Crippen molar-refractivity contribution < 1.29 is 9.84 Å². The molecule has 0 spiro atoms. The van der Waals surface area contributed by atoms with Gasteiger partial charge >= 0.3 is 0 Å². The summed E-state index contributed by atoms with van der Waals surface area (Å²) in [5.41, 5.74) is 1.10. The molecule has 0 bridgehead atoms. The van der Waals surface area contributed by atoms with Crippen LogP contribution in [0, 0.1) is 0 Å². The van der Waals surface area contributed by atoms with E-state index < -0.39 is 0 Å². The van der Waals surface area contributed by atoms with Crippen LogP contribution in [-0.2, 0) is 6.54 Å². The standard InChI is InChI=1S/C18H21ClN2O2/c19-17-5-2-10-20-18(17)23-16-8-6-14(7-9-16)21-12-13-3-1-4-15(22)11-13/h1-5,10-11,14,16,21-22H,6-9,12H2. The Hall–Kier alpha value is -1.78. The van der Waals surface area contributed by atoms with Crippen molar-refractivity contribution in [2.24, 2.45) is 0 Å². The van der Waals surface area contributed by atoms with Gasteiger partial charge in [0, 0.05) is 18.8 Å². The Morgan fingerprint density at radius 3 is 2.74 bits per heavy atom. The topological polar surface area (TPSA) is 54.4 Å². The van der Waals surface area contributed by atoms with E-state index in [1.165, 1.54) is 0 Å². The summed E-state index contributed by atoms with van der Waals surface area (Å²) in [5.74, 6) is 0.846. The van der Waals surface area contributed by atoms with Gasteiger partial charge < -0.3 is 15.2 Å². The van der Waals surface area contributed by atoms with E-state index in [0.717, 1.165) is 37.8 Å². The van der Waals surface area contributed by atoms with Gasteiger partial charge in [-0.15, -0.1) is 0 Å². The molecule has 2 N–H and O–H groups in total. The first-order chi connectivity index (χ1) is 11.2. The molecule has 0 aliphatic heterocycles. The minimum atomic E-state index is 0.182. The summed E-state index contributed by atoms with van der Waals surface area (Å²) >= 11 is 6.08. The van der Waals surface area contributed by atoms with Crippen LogP contribution in [-0.4, -0.2) is 22.2 Å². The lowest BCUT2D eigenvalue weighted by molar-refractivity contribution is 0.134. The van der Waals surface area contributed by atoms with E-state index in [-0.39, 0.29) is 6.10 Å². The number of aromatic nitrogens is 1. The first-order valence-electron chi connectivity index (χ1n) is 7.99. The maximum absolute atomic E-state index is 9.49. The van der Waals surface area contributed by atoms with Crippen molar-refractivity contribution in [3.63, 3.8) is 0 Å². The second kappa shape index (κ2) is 7.66. The van der Waals surface area contributed by atoms with E-state index in [4.69, 9.17) is 16.3 Å². The SMILES string of the molecule is Oc1cccc(CNC2CCC(Oc3ncccc3Cl)CC2)c1. The fourth-order valence-corrected chi connectivity index (χ4v) is 3.10. The quantitative estimate of drug-likeness (QED) is 0.871. The molecule has 23 heavy (non-hydrogen) atoms. The van der Waals surface area contributed by atoms with Crippen LogP contribution in [0.25, 0.3) is 0 Å². The van der Waals surface area contributed by atoms with Gasteiger partial charge in [0.1, 0.15) is 16.9 Å². The second-order valence-electron chi connectivity index (χ2n) is 5.93. The molecule has 1 saturated carbocycles. The molecule has 1 heterocycles. The van der Waals surface area contributed by atoms with Crippen LogP contribution in [0.3, 0.4) is 0 Å². The van der Waals surface area contributed by atoms with Gasteiger partial charge in [0.2, 0.25) is 5.88 Å². The van der Waals surface area contributed by atoms with Crippen molar-refractivity contribution in [2.45, 2.75) is 44.4 Å². The average molecular weight is 333 g/mol. The predicted molar refractivity (Wildman–Crippen MR) is 90.9 cm³/mol. The van der Waals surface area contributed by atoms with Gasteiger partial charge in [0.05, 0.1) is 0 Å². The Morgan fingerprint density at radius 2 is 2.00 bits per heavy atom. The normalized spacial score (nSPS) is 21.1. The van der Waals surface area contributed by atoms with E-state index in [0.29, 0.717) is 22.7 Å². The molecule has 1 aromatic heterocycles. The van der Waals surface area contributed by atoms with Gasteiger partial charge in [0.25, 0.3) is 0 Å². The number of aromatic hydroxyl groups is 1. The van der Waals surface area contributed by atoms with Crippen LogP contribution in [0.4, 0.5) is 0 Å². The molecular weight excluding hydrogens is 312 g/mol. The van der Waals surface area contributed by atoms with Crippen molar-refractivity contribution in [1.82, 2.24) is 10.3 Å². The lowest BCUT2D eigenvalue weighted by Crippen LogP contribution is -2.36. The molecule has 0 atom stereocenters. The molecule has 1 fully saturated rings. The molecule has 2 aromatic rings. The minimum Gasteiger partial charge on any atom is -0.508 e. The molecule has 0 saturated heterocycles. The number of hydrogen-bond acceptors (Lipinski definition) is 4. The van der Waals surface area contributed by atoms with Crippen LogP contribution in [0.2, 0.25) is 5.02 Å². The number of phenols is 1. The number of hydrogen-bond donors (Lipinski definition) is 2. The lowest BCUT2D eigenvalue weighted by atomic mass is 9.93. The first kappa shape index (κ1) is 16.1. The Morgan fingerprint density at radius 1 is 1.17 bits per heavy atom. The number of benzene rings is 1. The summed E-state index contributed by atoms with van der Waals surface area (Å²) in [6.45, 7) is 0.774. The van der Waals surface area contributed by atoms with Crippen molar-refractivity contribution in [3.05, 3.63) is 53.2 Å². The summed E-state index contributed by atoms with van der Waals surface area (Å²) in [4.78, 5) is 4.18. The molecule has 5 heteroatoms. The summed E-state index contributed by atoms with van der Waals surface area (Å²) in [6, 6.07) is 11.5. The molecule has 1 aromatic carbocycles. The lowest BCUT2D eigenvalue weighted by Gasteiger charge is -2.29. The molecule has 122 valence electrons. The van der Waals surface area contributed by atoms with Gasteiger partial charge in [-0.1, -0.05) is 23.7 Å². The highest BCUT2D eigenvalue weighted by atomic mass is 35.5. The van der Waals surface area contributed by atoms with Crippen molar-refractivity contribution in [1.29, 1.82) is 0 Å². The summed E-state index contributed by atoms with van der Waals surface area (Å²) in [6.07, 6.45) is 5.99. The molecule has 0 amide bonds. The Bertz CT molecular complexity index is 642. The van der Waals surface area contributed by atoms with Crippen molar-refractivity contribution in [3.8, 4) is 11.6 Å². The smallest absolute Gasteiger partial charge is 0.232 e. The summed E-state index contributed by atoms with van der Waals surface area (Å²) in [5, 5.41) is 13.6. The fourth-order valence-electron chi connectivity index (χ4n) is 2.93. The van der Waals surface area contributed by atoms with Crippen LogP contribution in [0.1, 0.15) is 31.2 Å². The van der Waals surface area contributed by atoms with Gasteiger partial charge in [-0.05, 0) is 55.5 Å². The third-order valence-corrected chi connectivity index (χ3v) is 4.47. The molecule has 0 radical (unpaired) electrons. The third-order valence-electron chi connectivity index (χ3n) is 4.18. The zero-order valence-electron chi connectivity index (χ0n) is 12.9. The monoisotopic (exact) mass is 332 g/mol. The summed E-state index contributed by atoms with van der Waals surface area (Å²) in [7, 11) is 0. The predicted octanol–water partition coefficient (Wildman–Crippen LogP) is 3.92. The van der Waals surface area contributed by atoms with E-state index in [9.17, 15) is 5.11 Å². The Kier molecular flexibility index (Phi) is 5.36. The number of phenolic OH excluding ortho intramolecular Hbond substituents is 1. The largest absolute Gasteiger partial charge is 0.508 e. The number of ether oxygens (including phenoxy) is 1. The van der Waals surface area contributed by atoms with E-state index >= 15 is 0 Å². The second-order valence-corrected chi connectivity index (χ2v) is 6.34. The molecular formula is C18H21ClN2O2. The van der Waals surface area contributed by atoms with Crippen LogP contribution in [0.5, 0.6) is 11.6 Å². The molecule has 1 aliphatic carbocycles. The van der Waals surface area contributed by atoms with E-state index in [1.807, 2.05) is 12.1 Å². The molecule has 1 aliphatic rings. The summed E-state index contributed by atoms with van der Waals surface area (Å²) < 4.78 is 5.91.